The Hall–Kier alpha value is -3.20. The van der Waals surface area contributed by atoms with Gasteiger partial charge >= 0.3 is 5.97 Å². The second kappa shape index (κ2) is 7.20. The van der Waals surface area contributed by atoms with Crippen LogP contribution in [0.5, 0.6) is 0 Å². The van der Waals surface area contributed by atoms with Crippen molar-refractivity contribution >= 4 is 28.7 Å². The predicted octanol–water partition coefficient (Wildman–Crippen LogP) is 3.47. The number of nitrogens with zero attached hydrogens (tertiary/aromatic N) is 3. The molecule has 0 spiro atoms. The lowest BCUT2D eigenvalue weighted by Crippen LogP contribution is -2.11. The second-order valence-electron chi connectivity index (χ2n) is 5.57. The number of benzene rings is 1. The van der Waals surface area contributed by atoms with Crippen LogP contribution in [0.4, 0.5) is 0 Å². The van der Waals surface area contributed by atoms with Gasteiger partial charge in [-0.3, -0.25) is 0 Å². The van der Waals surface area contributed by atoms with Crippen LogP contribution in [-0.2, 0) is 10.5 Å². The number of thioether (sulfide) groups is 1. The highest BCUT2D eigenvalue weighted by Crippen LogP contribution is 2.32. The topological polar surface area (TPSA) is 109 Å². The Morgan fingerprint density at radius 3 is 2.89 bits per heavy atom. The van der Waals surface area contributed by atoms with Crippen molar-refractivity contribution in [2.24, 2.45) is 0 Å². The van der Waals surface area contributed by atoms with E-state index in [1.54, 1.807) is 25.3 Å². The summed E-state index contributed by atoms with van der Waals surface area (Å²) >= 11 is 1.34. The molecule has 0 aliphatic carbocycles. The zero-order valence-electron chi connectivity index (χ0n) is 14.4. The lowest BCUT2D eigenvalue weighted by atomic mass is 10.1. The van der Waals surface area contributed by atoms with Gasteiger partial charge in [0.2, 0.25) is 16.7 Å². The summed E-state index contributed by atoms with van der Waals surface area (Å²) in [5.41, 5.74) is 1.36. The number of para-hydroxylation sites is 1. The molecule has 0 aliphatic heterocycles. The Morgan fingerprint density at radius 2 is 2.11 bits per heavy atom. The standard InChI is InChI=1S/C18H16N4O4S/c1-2-24-17(23)15-12(11-6-3-4-7-13(11)26-15)10-27-18-21-20-16(22(18)19)14-8-5-9-25-14/h3-9H,2,10,19H2,1H3. The van der Waals surface area contributed by atoms with Crippen molar-refractivity contribution in [3.63, 3.8) is 0 Å². The van der Waals surface area contributed by atoms with E-state index in [0.29, 0.717) is 28.1 Å². The first kappa shape index (κ1) is 17.2. The zero-order valence-corrected chi connectivity index (χ0v) is 15.2. The van der Waals surface area contributed by atoms with E-state index in [-0.39, 0.29) is 12.4 Å². The Morgan fingerprint density at radius 1 is 1.26 bits per heavy atom. The van der Waals surface area contributed by atoms with Crippen molar-refractivity contribution in [1.82, 2.24) is 14.9 Å². The molecule has 0 saturated carbocycles. The van der Waals surface area contributed by atoms with E-state index in [4.69, 9.17) is 19.4 Å². The van der Waals surface area contributed by atoms with Gasteiger partial charge in [-0.2, -0.15) is 0 Å². The molecule has 3 heterocycles. The Balaban J connectivity index is 1.64. The number of nitrogen functional groups attached to an aromatic ring is 1. The molecule has 0 atom stereocenters. The van der Waals surface area contributed by atoms with Crippen molar-refractivity contribution in [3.05, 3.63) is 54.0 Å². The summed E-state index contributed by atoms with van der Waals surface area (Å²) in [4.78, 5) is 12.3. The number of furan rings is 2. The normalized spacial score (nSPS) is 11.1. The molecule has 1 aromatic carbocycles. The maximum atomic E-state index is 12.3. The van der Waals surface area contributed by atoms with E-state index in [0.717, 1.165) is 10.9 Å². The molecular weight excluding hydrogens is 368 g/mol. The van der Waals surface area contributed by atoms with E-state index >= 15 is 0 Å². The fraction of sp³-hybridized carbons (Fsp3) is 0.167. The number of carbonyl (C=O) groups excluding carboxylic acids is 1. The summed E-state index contributed by atoms with van der Waals surface area (Å²) in [5, 5.41) is 9.51. The van der Waals surface area contributed by atoms with Crippen LogP contribution in [0.1, 0.15) is 23.0 Å². The third kappa shape index (κ3) is 3.17. The van der Waals surface area contributed by atoms with Crippen LogP contribution in [0.25, 0.3) is 22.6 Å². The first-order valence-corrected chi connectivity index (χ1v) is 9.22. The average Bonchev–Trinajstić information content (AvgIpc) is 3.39. The molecule has 8 nitrogen and oxygen atoms in total. The molecule has 0 amide bonds. The van der Waals surface area contributed by atoms with Crippen molar-refractivity contribution in [2.75, 3.05) is 12.4 Å². The lowest BCUT2D eigenvalue weighted by molar-refractivity contribution is 0.0491. The summed E-state index contributed by atoms with van der Waals surface area (Å²) in [7, 11) is 0. The van der Waals surface area contributed by atoms with Crippen LogP contribution >= 0.6 is 11.8 Å². The maximum Gasteiger partial charge on any atom is 0.374 e. The van der Waals surface area contributed by atoms with E-state index in [2.05, 4.69) is 10.2 Å². The smallest absolute Gasteiger partial charge is 0.374 e. The SMILES string of the molecule is CCOC(=O)c1oc2ccccc2c1CSc1nnc(-c2ccco2)n1N. The molecule has 0 radical (unpaired) electrons. The molecule has 0 fully saturated rings. The first-order chi connectivity index (χ1) is 13.2. The number of carbonyl (C=O) groups is 1. The molecule has 4 rings (SSSR count). The quantitative estimate of drug-likeness (QED) is 0.306. The van der Waals surface area contributed by atoms with E-state index in [1.807, 2.05) is 24.3 Å². The summed E-state index contributed by atoms with van der Waals surface area (Å²) in [6.07, 6.45) is 1.54. The minimum atomic E-state index is -0.491. The molecule has 138 valence electrons. The fourth-order valence-electron chi connectivity index (χ4n) is 2.69. The van der Waals surface area contributed by atoms with Crippen molar-refractivity contribution in [1.29, 1.82) is 0 Å². The molecule has 0 bridgehead atoms. The van der Waals surface area contributed by atoms with Gasteiger partial charge in [-0.15, -0.1) is 10.2 Å². The van der Waals surface area contributed by atoms with Crippen LogP contribution in [0.15, 0.2) is 56.7 Å². The Kier molecular flexibility index (Phi) is 4.59. The van der Waals surface area contributed by atoms with Gasteiger partial charge in [0, 0.05) is 16.7 Å². The van der Waals surface area contributed by atoms with Crippen LogP contribution in [-0.4, -0.2) is 27.4 Å². The van der Waals surface area contributed by atoms with Gasteiger partial charge in [0.05, 0.1) is 12.9 Å². The molecule has 0 saturated heterocycles. The van der Waals surface area contributed by atoms with Gasteiger partial charge in [-0.25, -0.2) is 9.47 Å². The Bertz CT molecular complexity index is 1080. The molecule has 4 aromatic rings. The fourth-order valence-corrected chi connectivity index (χ4v) is 3.57. The van der Waals surface area contributed by atoms with Crippen molar-refractivity contribution in [3.8, 4) is 11.6 Å². The first-order valence-electron chi connectivity index (χ1n) is 8.23. The number of esters is 1. The molecule has 0 aliphatic rings. The largest absolute Gasteiger partial charge is 0.461 e. The minimum Gasteiger partial charge on any atom is -0.461 e. The van der Waals surface area contributed by atoms with Gasteiger partial charge < -0.3 is 19.4 Å². The number of ether oxygens (including phenoxy) is 1. The number of nitrogens with two attached hydrogens (primary N) is 1. The number of fused-ring (bicyclic) bond motifs is 1. The van der Waals surface area contributed by atoms with Crippen LogP contribution in [0, 0.1) is 0 Å². The highest BCUT2D eigenvalue weighted by Gasteiger charge is 2.23. The maximum absolute atomic E-state index is 12.3. The number of hydrogen-bond donors (Lipinski definition) is 1. The van der Waals surface area contributed by atoms with Crippen LogP contribution < -0.4 is 5.84 Å². The van der Waals surface area contributed by atoms with Gasteiger partial charge in [-0.1, -0.05) is 30.0 Å². The molecular formula is C18H16N4O4S. The number of aromatic nitrogens is 3. The lowest BCUT2D eigenvalue weighted by Gasteiger charge is -2.04. The van der Waals surface area contributed by atoms with Gasteiger partial charge in [0.15, 0.2) is 5.76 Å². The predicted molar refractivity (Wildman–Crippen MR) is 99.6 cm³/mol. The zero-order chi connectivity index (χ0) is 18.8. The highest BCUT2D eigenvalue weighted by molar-refractivity contribution is 7.98. The molecule has 9 heteroatoms. The molecule has 2 N–H and O–H groups in total. The van der Waals surface area contributed by atoms with Crippen LogP contribution in [0.3, 0.4) is 0 Å². The summed E-state index contributed by atoms with van der Waals surface area (Å²) < 4.78 is 17.5. The summed E-state index contributed by atoms with van der Waals surface area (Å²) in [5.74, 6) is 7.15. The molecule has 0 unspecified atom stereocenters. The Labute approximate surface area is 158 Å². The summed E-state index contributed by atoms with van der Waals surface area (Å²) in [6, 6.07) is 11.0. The third-order valence-electron chi connectivity index (χ3n) is 3.91. The van der Waals surface area contributed by atoms with Gasteiger partial charge in [-0.05, 0) is 25.1 Å². The summed E-state index contributed by atoms with van der Waals surface area (Å²) in [6.45, 7) is 2.02. The van der Waals surface area contributed by atoms with E-state index in [9.17, 15) is 4.79 Å². The highest BCUT2D eigenvalue weighted by atomic mass is 32.2. The average molecular weight is 384 g/mol. The van der Waals surface area contributed by atoms with Gasteiger partial charge in [0.25, 0.3) is 0 Å². The molecule has 3 aromatic heterocycles. The van der Waals surface area contributed by atoms with Crippen molar-refractivity contribution in [2.45, 2.75) is 17.8 Å². The minimum absolute atomic E-state index is 0.194. The van der Waals surface area contributed by atoms with E-state index < -0.39 is 5.97 Å². The second-order valence-corrected chi connectivity index (χ2v) is 6.51. The third-order valence-corrected chi connectivity index (χ3v) is 4.88. The number of rotatable bonds is 6. The van der Waals surface area contributed by atoms with E-state index in [1.165, 1.54) is 16.4 Å². The number of hydrogen-bond acceptors (Lipinski definition) is 8. The van der Waals surface area contributed by atoms with Crippen molar-refractivity contribution < 1.29 is 18.4 Å². The molecule has 27 heavy (non-hydrogen) atoms. The monoisotopic (exact) mass is 384 g/mol. The van der Waals surface area contributed by atoms with Crippen LogP contribution in [0.2, 0.25) is 0 Å². The van der Waals surface area contributed by atoms with Gasteiger partial charge in [0.1, 0.15) is 5.58 Å².